The van der Waals surface area contributed by atoms with Crippen LogP contribution in [0.2, 0.25) is 0 Å². The molecule has 0 bridgehead atoms. The van der Waals surface area contributed by atoms with Gasteiger partial charge in [0.05, 0.1) is 12.2 Å². The van der Waals surface area contributed by atoms with Crippen molar-refractivity contribution < 1.29 is 18.0 Å². The van der Waals surface area contributed by atoms with Gasteiger partial charge in [-0.3, -0.25) is 14.6 Å². The maximum atomic E-state index is 12.9. The van der Waals surface area contributed by atoms with Crippen LogP contribution in [-0.2, 0) is 26.0 Å². The molecule has 3 heterocycles. The number of hydrogen-bond donors (Lipinski definition) is 2. The van der Waals surface area contributed by atoms with Gasteiger partial charge in [0.1, 0.15) is 9.46 Å². The lowest BCUT2D eigenvalue weighted by Gasteiger charge is -2.16. The summed E-state index contributed by atoms with van der Waals surface area (Å²) in [7, 11) is -3.68. The van der Waals surface area contributed by atoms with E-state index in [1.165, 1.54) is 17.4 Å². The maximum Gasteiger partial charge on any atom is 0.309 e. The predicted octanol–water partition coefficient (Wildman–Crippen LogP) is 2.15. The minimum Gasteiger partial charge on any atom is -0.346 e. The second kappa shape index (κ2) is 9.09. The average Bonchev–Trinajstić information content (AvgIpc) is 3.41. The predicted molar refractivity (Wildman–Crippen MR) is 108 cm³/mol. The largest absolute Gasteiger partial charge is 0.346 e. The number of nitrogens with one attached hydrogen (secondary N) is 2. The first-order valence-corrected chi connectivity index (χ1v) is 11.6. The monoisotopic (exact) mass is 435 g/mol. The molecule has 0 fully saturated rings. The van der Waals surface area contributed by atoms with E-state index in [0.717, 1.165) is 11.3 Å². The summed E-state index contributed by atoms with van der Waals surface area (Å²) < 4.78 is 26.1. The number of aromatic nitrogens is 1. The van der Waals surface area contributed by atoms with Crippen LogP contribution in [0.15, 0.2) is 63.6 Å². The van der Waals surface area contributed by atoms with E-state index in [9.17, 15) is 18.0 Å². The fourth-order valence-corrected chi connectivity index (χ4v) is 6.41. The van der Waals surface area contributed by atoms with Gasteiger partial charge in [-0.2, -0.15) is 0 Å². The van der Waals surface area contributed by atoms with Gasteiger partial charge < -0.3 is 10.6 Å². The van der Waals surface area contributed by atoms with Crippen LogP contribution in [-0.4, -0.2) is 31.8 Å². The topological polar surface area (TPSA) is 105 Å². The lowest BCUT2D eigenvalue weighted by atomic mass is 10.3. The summed E-state index contributed by atoms with van der Waals surface area (Å²) in [5, 5.41) is 7.40. The highest BCUT2D eigenvalue weighted by Crippen LogP contribution is 2.33. The molecule has 2 N–H and O–H groups in total. The summed E-state index contributed by atoms with van der Waals surface area (Å²) in [6, 6.07) is 11.9. The normalized spacial score (nSPS) is 12.3. The zero-order valence-corrected chi connectivity index (χ0v) is 17.0. The molecule has 0 spiro atoms. The molecule has 2 amide bonds. The molecule has 0 unspecified atom stereocenters. The quantitative estimate of drug-likeness (QED) is 0.553. The molecular weight excluding hydrogens is 418 g/mol. The smallest absolute Gasteiger partial charge is 0.309 e. The van der Waals surface area contributed by atoms with Crippen LogP contribution in [0, 0.1) is 0 Å². The molecule has 10 heteroatoms. The summed E-state index contributed by atoms with van der Waals surface area (Å²) in [4.78, 5) is 28.8. The van der Waals surface area contributed by atoms with Gasteiger partial charge in [0.25, 0.3) is 0 Å². The Bertz CT molecular complexity index is 1020. The Morgan fingerprint density at radius 3 is 2.36 bits per heavy atom. The number of hydrogen-bond acceptors (Lipinski definition) is 7. The maximum absolute atomic E-state index is 12.9. The third-order valence-electron chi connectivity index (χ3n) is 3.82. The fraction of sp³-hybridized carbons (Fsp3) is 0.167. The Morgan fingerprint density at radius 1 is 0.964 bits per heavy atom. The van der Waals surface area contributed by atoms with Gasteiger partial charge in [0.2, 0.25) is 0 Å². The van der Waals surface area contributed by atoms with Crippen molar-refractivity contribution in [2.24, 2.45) is 0 Å². The summed E-state index contributed by atoms with van der Waals surface area (Å²) in [5.74, 6) is -1.73. The van der Waals surface area contributed by atoms with Gasteiger partial charge in [-0.15, -0.1) is 22.7 Å². The second-order valence-corrected chi connectivity index (χ2v) is 9.98. The SMILES string of the molecule is O=C(NCc1ccccn1)C(=O)NC[C@H](c1cccs1)S(=O)(=O)c1cccs1. The zero-order valence-electron chi connectivity index (χ0n) is 14.6. The molecular formula is C18H17N3O4S3. The van der Waals surface area contributed by atoms with E-state index in [-0.39, 0.29) is 17.3 Å². The first-order chi connectivity index (χ1) is 13.5. The number of carbonyl (C=O) groups is 2. The highest BCUT2D eigenvalue weighted by molar-refractivity contribution is 7.93. The number of nitrogens with zero attached hydrogens (tertiary/aromatic N) is 1. The number of pyridine rings is 1. The van der Waals surface area contributed by atoms with Crippen molar-refractivity contribution >= 4 is 44.3 Å². The van der Waals surface area contributed by atoms with Crippen LogP contribution >= 0.6 is 22.7 Å². The van der Waals surface area contributed by atoms with Gasteiger partial charge >= 0.3 is 11.8 Å². The fourth-order valence-electron chi connectivity index (χ4n) is 2.42. The molecule has 3 aromatic heterocycles. The summed E-state index contributed by atoms with van der Waals surface area (Å²) >= 11 is 2.41. The lowest BCUT2D eigenvalue weighted by Crippen LogP contribution is -2.42. The second-order valence-electron chi connectivity index (χ2n) is 5.69. The number of rotatable bonds is 7. The van der Waals surface area contributed by atoms with E-state index < -0.39 is 26.9 Å². The molecule has 3 rings (SSSR count). The minimum absolute atomic E-state index is 0.106. The third-order valence-corrected chi connectivity index (χ3v) is 8.47. The molecule has 3 aromatic rings. The minimum atomic E-state index is -3.68. The van der Waals surface area contributed by atoms with Crippen LogP contribution < -0.4 is 10.6 Å². The van der Waals surface area contributed by atoms with Crippen molar-refractivity contribution in [1.82, 2.24) is 15.6 Å². The Morgan fingerprint density at radius 2 is 1.71 bits per heavy atom. The lowest BCUT2D eigenvalue weighted by molar-refractivity contribution is -0.139. The van der Waals surface area contributed by atoms with Gasteiger partial charge in [0.15, 0.2) is 9.84 Å². The van der Waals surface area contributed by atoms with Crippen molar-refractivity contribution in [3.8, 4) is 0 Å². The first-order valence-electron chi connectivity index (χ1n) is 8.25. The standard InChI is InChI=1S/C18H17N3O4S3/c22-17(20-11-13-5-1-2-8-19-13)18(23)21-12-15(14-6-3-9-26-14)28(24,25)16-7-4-10-27-16/h1-10,15H,11-12H2,(H,20,22)(H,21,23)/t15-/m1/s1. The zero-order chi connectivity index (χ0) is 20.0. The molecule has 0 saturated heterocycles. The van der Waals surface area contributed by atoms with Crippen molar-refractivity contribution in [2.45, 2.75) is 16.0 Å². The third kappa shape index (κ3) is 4.83. The number of thiophene rings is 2. The summed E-state index contributed by atoms with van der Waals surface area (Å²) in [6.07, 6.45) is 1.59. The van der Waals surface area contributed by atoms with Crippen molar-refractivity contribution in [1.29, 1.82) is 0 Å². The average molecular weight is 436 g/mol. The van der Waals surface area contributed by atoms with Crippen molar-refractivity contribution in [3.63, 3.8) is 0 Å². The van der Waals surface area contributed by atoms with E-state index in [2.05, 4.69) is 15.6 Å². The van der Waals surface area contributed by atoms with Crippen molar-refractivity contribution in [3.05, 3.63) is 70.0 Å². The highest BCUT2D eigenvalue weighted by Gasteiger charge is 2.31. The Labute approximate surface area is 170 Å². The molecule has 1 atom stereocenters. The Hall–Kier alpha value is -2.56. The Kier molecular flexibility index (Phi) is 6.55. The molecule has 0 aliphatic heterocycles. The Balaban J connectivity index is 1.65. The molecule has 146 valence electrons. The van der Waals surface area contributed by atoms with E-state index in [0.29, 0.717) is 10.6 Å². The van der Waals surface area contributed by atoms with Gasteiger partial charge in [-0.05, 0) is 35.0 Å². The van der Waals surface area contributed by atoms with Gasteiger partial charge in [-0.25, -0.2) is 8.42 Å². The van der Waals surface area contributed by atoms with Crippen LogP contribution in [0.1, 0.15) is 15.8 Å². The van der Waals surface area contributed by atoms with Gasteiger partial charge in [0, 0.05) is 17.6 Å². The van der Waals surface area contributed by atoms with Crippen molar-refractivity contribution in [2.75, 3.05) is 6.54 Å². The number of sulfone groups is 1. The molecule has 0 aromatic carbocycles. The van der Waals surface area contributed by atoms with E-state index in [4.69, 9.17) is 0 Å². The van der Waals surface area contributed by atoms with Crippen LogP contribution in [0.3, 0.4) is 0 Å². The first kappa shape index (κ1) is 20.2. The molecule has 0 aliphatic carbocycles. The molecule has 28 heavy (non-hydrogen) atoms. The molecule has 0 aliphatic rings. The molecule has 0 radical (unpaired) electrons. The summed E-state index contributed by atoms with van der Waals surface area (Å²) in [6.45, 7) is -0.0917. The number of amides is 2. The van der Waals surface area contributed by atoms with E-state index >= 15 is 0 Å². The van der Waals surface area contributed by atoms with Crippen LogP contribution in [0.4, 0.5) is 0 Å². The highest BCUT2D eigenvalue weighted by atomic mass is 32.2. The van der Waals surface area contributed by atoms with E-state index in [1.807, 2.05) is 0 Å². The number of carbonyl (C=O) groups excluding carboxylic acids is 2. The van der Waals surface area contributed by atoms with Gasteiger partial charge in [-0.1, -0.05) is 18.2 Å². The van der Waals surface area contributed by atoms with Crippen LogP contribution in [0.5, 0.6) is 0 Å². The molecule has 0 saturated carbocycles. The summed E-state index contributed by atoms with van der Waals surface area (Å²) in [5.41, 5.74) is 0.611. The van der Waals surface area contributed by atoms with Crippen LogP contribution in [0.25, 0.3) is 0 Å². The molecule has 7 nitrogen and oxygen atoms in total. The van der Waals surface area contributed by atoms with E-state index in [1.54, 1.807) is 53.4 Å².